The van der Waals surface area contributed by atoms with E-state index in [1.54, 1.807) is 0 Å². The van der Waals surface area contributed by atoms with E-state index in [1.165, 1.54) is 0 Å². The Morgan fingerprint density at radius 3 is 2.39 bits per heavy atom. The molecule has 0 unspecified atom stereocenters. The Morgan fingerprint density at radius 2 is 1.79 bits per heavy atom. The number of nitrogens with one attached hydrogen (secondary N) is 2. The number of benzene rings is 1. The van der Waals surface area contributed by atoms with E-state index in [0.29, 0.717) is 19.4 Å². The molecule has 2 amide bonds. The summed E-state index contributed by atoms with van der Waals surface area (Å²) in [4.78, 5) is 34.4. The van der Waals surface area contributed by atoms with E-state index in [4.69, 9.17) is 44.6 Å². The van der Waals surface area contributed by atoms with Crippen LogP contribution in [0.15, 0.2) is 30.3 Å². The Bertz CT molecular complexity index is 645. The van der Waals surface area contributed by atoms with Gasteiger partial charge in [-0.3, -0.25) is 0 Å². The predicted octanol–water partition coefficient (Wildman–Crippen LogP) is 3.63. The Kier molecular flexibility index (Phi) is 10.8. The molecule has 0 saturated heterocycles. The van der Waals surface area contributed by atoms with Gasteiger partial charge in [-0.2, -0.15) is 0 Å². The summed E-state index contributed by atoms with van der Waals surface area (Å²) in [6.45, 7) is 0.452. The van der Waals surface area contributed by atoms with Gasteiger partial charge >= 0.3 is 18.2 Å². The Balaban J connectivity index is 2.23. The van der Waals surface area contributed by atoms with Crippen LogP contribution in [0.1, 0.15) is 24.8 Å². The zero-order valence-corrected chi connectivity index (χ0v) is 17.1. The number of ether oxygens (including phenoxy) is 2. The molecule has 0 spiro atoms. The average molecular weight is 456 g/mol. The summed E-state index contributed by atoms with van der Waals surface area (Å²) >= 11 is 16.5. The Hall–Kier alpha value is -1.90. The van der Waals surface area contributed by atoms with Gasteiger partial charge in [0.15, 0.2) is 0 Å². The monoisotopic (exact) mass is 454 g/mol. The van der Waals surface area contributed by atoms with Gasteiger partial charge < -0.3 is 25.2 Å². The summed E-state index contributed by atoms with van der Waals surface area (Å²) in [5.74, 6) is -1.62. The summed E-state index contributed by atoms with van der Waals surface area (Å²) in [6, 6.07) is 8.02. The number of halogens is 3. The maximum Gasteiger partial charge on any atom is 0.410 e. The lowest BCUT2D eigenvalue weighted by Gasteiger charge is -2.20. The molecule has 1 rings (SSSR count). The van der Waals surface area contributed by atoms with E-state index in [2.05, 4.69) is 15.4 Å². The van der Waals surface area contributed by atoms with Crippen molar-refractivity contribution in [2.75, 3.05) is 12.4 Å². The second-order valence-corrected chi connectivity index (χ2v) is 7.36. The molecule has 28 heavy (non-hydrogen) atoms. The Morgan fingerprint density at radius 1 is 1.11 bits per heavy atom. The van der Waals surface area contributed by atoms with Crippen LogP contribution in [0.2, 0.25) is 0 Å². The third-order valence-corrected chi connectivity index (χ3v) is 4.46. The summed E-state index contributed by atoms with van der Waals surface area (Å²) < 4.78 is 7.71. The highest BCUT2D eigenvalue weighted by atomic mass is 35.5. The van der Waals surface area contributed by atoms with Gasteiger partial charge in [-0.05, 0) is 24.8 Å². The summed E-state index contributed by atoms with van der Waals surface area (Å²) in [5.41, 5.74) is 0.868. The topological polar surface area (TPSA) is 114 Å². The summed E-state index contributed by atoms with van der Waals surface area (Å²) in [7, 11) is 0. The van der Waals surface area contributed by atoms with Crippen molar-refractivity contribution in [1.29, 1.82) is 0 Å². The lowest BCUT2D eigenvalue weighted by atomic mass is 10.1. The van der Waals surface area contributed by atoms with Crippen molar-refractivity contribution in [2.24, 2.45) is 0 Å². The minimum atomic E-state index is -1.95. The van der Waals surface area contributed by atoms with Crippen molar-refractivity contribution in [3.8, 4) is 0 Å². The molecule has 0 aromatic heterocycles. The number of hydrogen-bond acceptors (Lipinski definition) is 5. The highest BCUT2D eigenvalue weighted by Gasteiger charge is 2.30. The molecular formula is C17H21Cl3N2O6. The third kappa shape index (κ3) is 10.4. The first-order valence-electron chi connectivity index (χ1n) is 8.34. The van der Waals surface area contributed by atoms with Gasteiger partial charge in [-0.1, -0.05) is 53.5 Å². The van der Waals surface area contributed by atoms with E-state index < -0.39 is 28.7 Å². The maximum absolute atomic E-state index is 11.6. The number of carboxylic acid groups (broad SMARTS) is 1. The molecule has 156 valence electrons. The minimum absolute atomic E-state index is 0.115. The van der Waals surface area contributed by atoms with E-state index in [-0.39, 0.29) is 18.9 Å². The fourth-order valence-corrected chi connectivity index (χ4v) is 2.22. The molecule has 0 aliphatic carbocycles. The molecule has 8 nitrogen and oxygen atoms in total. The normalized spacial score (nSPS) is 12.0. The van der Waals surface area contributed by atoms with Crippen LogP contribution in [-0.2, 0) is 20.9 Å². The van der Waals surface area contributed by atoms with Crippen molar-refractivity contribution in [3.63, 3.8) is 0 Å². The fourth-order valence-electron chi connectivity index (χ4n) is 2.03. The van der Waals surface area contributed by atoms with Crippen molar-refractivity contribution in [2.45, 2.75) is 36.4 Å². The van der Waals surface area contributed by atoms with E-state index >= 15 is 0 Å². The molecule has 1 aromatic carbocycles. The molecule has 0 fully saturated rings. The summed E-state index contributed by atoms with van der Waals surface area (Å²) in [6.07, 6.45) is -0.651. The van der Waals surface area contributed by atoms with Crippen LogP contribution in [0.25, 0.3) is 0 Å². The van der Waals surface area contributed by atoms with Gasteiger partial charge in [-0.25, -0.2) is 14.4 Å². The molecule has 3 N–H and O–H groups in total. The predicted molar refractivity (Wildman–Crippen MR) is 105 cm³/mol. The highest BCUT2D eigenvalue weighted by Crippen LogP contribution is 2.24. The van der Waals surface area contributed by atoms with Gasteiger partial charge in [0.1, 0.15) is 12.6 Å². The molecule has 0 aliphatic heterocycles. The SMILES string of the molecule is O=C(NCCCC[C@H](NC(=O)OC(Cl)(Cl)CCl)C(=O)O)OCc1ccccc1. The molecule has 0 saturated carbocycles. The molecule has 0 aliphatic rings. The maximum atomic E-state index is 11.6. The van der Waals surface area contributed by atoms with Gasteiger partial charge in [-0.15, -0.1) is 11.6 Å². The number of aliphatic carboxylic acids is 1. The zero-order chi connectivity index (χ0) is 21.0. The van der Waals surface area contributed by atoms with Crippen LogP contribution in [0.3, 0.4) is 0 Å². The number of carboxylic acids is 1. The molecule has 0 heterocycles. The number of carbonyl (C=O) groups is 3. The lowest BCUT2D eigenvalue weighted by molar-refractivity contribution is -0.139. The van der Waals surface area contributed by atoms with Crippen molar-refractivity contribution < 1.29 is 29.0 Å². The quantitative estimate of drug-likeness (QED) is 0.347. The van der Waals surface area contributed by atoms with E-state index in [0.717, 1.165) is 5.56 Å². The third-order valence-electron chi connectivity index (χ3n) is 3.39. The van der Waals surface area contributed by atoms with Crippen LogP contribution >= 0.6 is 34.8 Å². The van der Waals surface area contributed by atoms with Crippen LogP contribution < -0.4 is 10.6 Å². The number of carbonyl (C=O) groups excluding carboxylic acids is 2. The van der Waals surface area contributed by atoms with Crippen LogP contribution in [-0.4, -0.2) is 46.2 Å². The van der Waals surface area contributed by atoms with Crippen molar-refractivity contribution in [3.05, 3.63) is 35.9 Å². The lowest BCUT2D eigenvalue weighted by Crippen LogP contribution is -2.43. The van der Waals surface area contributed by atoms with Gasteiger partial charge in [0.05, 0.1) is 5.88 Å². The minimum Gasteiger partial charge on any atom is -0.480 e. The number of unbranched alkanes of at least 4 members (excludes halogenated alkanes) is 1. The zero-order valence-electron chi connectivity index (χ0n) is 14.8. The second kappa shape index (κ2) is 12.5. The number of rotatable bonds is 11. The number of amides is 2. The molecule has 11 heteroatoms. The molecule has 1 aromatic rings. The van der Waals surface area contributed by atoms with E-state index in [1.807, 2.05) is 30.3 Å². The summed E-state index contributed by atoms with van der Waals surface area (Å²) in [5, 5.41) is 13.9. The fraction of sp³-hybridized carbons (Fsp3) is 0.471. The first-order chi connectivity index (χ1) is 13.2. The first-order valence-corrected chi connectivity index (χ1v) is 9.63. The smallest absolute Gasteiger partial charge is 0.410 e. The van der Waals surface area contributed by atoms with Crippen molar-refractivity contribution >= 4 is 53.0 Å². The highest BCUT2D eigenvalue weighted by molar-refractivity contribution is 6.50. The van der Waals surface area contributed by atoms with Gasteiger partial charge in [0.2, 0.25) is 0 Å². The van der Waals surface area contributed by atoms with Gasteiger partial charge in [0.25, 0.3) is 4.52 Å². The standard InChI is InChI=1S/C17H21Cl3N2O6/c18-11-17(19,20)28-16(26)22-13(14(23)24)8-4-5-9-21-15(25)27-10-12-6-2-1-3-7-12/h1-3,6-7,13H,4-5,8-11H2,(H,21,25)(H,22,26)(H,23,24)/t13-/m0/s1. The Labute approximate surface area is 177 Å². The van der Waals surface area contributed by atoms with E-state index in [9.17, 15) is 14.4 Å². The largest absolute Gasteiger partial charge is 0.480 e. The molecule has 1 atom stereocenters. The van der Waals surface area contributed by atoms with Crippen LogP contribution in [0, 0.1) is 0 Å². The molecule has 0 bridgehead atoms. The second-order valence-electron chi connectivity index (χ2n) is 5.68. The molecule has 0 radical (unpaired) electrons. The average Bonchev–Trinajstić information content (AvgIpc) is 2.65. The first kappa shape index (κ1) is 24.1. The number of hydrogen-bond donors (Lipinski definition) is 3. The molecular weight excluding hydrogens is 435 g/mol. The van der Waals surface area contributed by atoms with Crippen LogP contribution in [0.4, 0.5) is 9.59 Å². The van der Waals surface area contributed by atoms with Crippen molar-refractivity contribution in [1.82, 2.24) is 10.6 Å². The van der Waals surface area contributed by atoms with Gasteiger partial charge in [0, 0.05) is 6.54 Å². The van der Waals surface area contributed by atoms with Crippen LogP contribution in [0.5, 0.6) is 0 Å². The number of alkyl halides is 3. The number of alkyl carbamates (subject to hydrolysis) is 2.